The molecule has 0 fully saturated rings. The van der Waals surface area contributed by atoms with Gasteiger partial charge in [-0.1, -0.05) is 35.4 Å². The van der Waals surface area contributed by atoms with Gasteiger partial charge in [-0.3, -0.25) is 9.69 Å². The van der Waals surface area contributed by atoms with Crippen LogP contribution in [0.1, 0.15) is 22.3 Å². The number of benzene rings is 2. The molecule has 0 aliphatic heterocycles. The highest BCUT2D eigenvalue weighted by atomic mass is 35.5. The summed E-state index contributed by atoms with van der Waals surface area (Å²) in [5, 5.41) is 3.48. The first-order valence-electron chi connectivity index (χ1n) is 8.18. The van der Waals surface area contributed by atoms with Crippen LogP contribution in [0.3, 0.4) is 0 Å². The average Bonchev–Trinajstić information content (AvgIpc) is 2.51. The van der Waals surface area contributed by atoms with E-state index in [9.17, 15) is 4.79 Å². The molecule has 0 saturated heterocycles. The lowest BCUT2D eigenvalue weighted by Gasteiger charge is -2.19. The first-order valence-corrected chi connectivity index (χ1v) is 8.56. The molecule has 1 N–H and O–H groups in total. The molecule has 134 valence electrons. The molecular weight excluding hydrogens is 336 g/mol. The topological polar surface area (TPSA) is 41.6 Å². The minimum atomic E-state index is -0.0945. The Kier molecular flexibility index (Phi) is 6.45. The molecule has 2 rings (SSSR count). The summed E-state index contributed by atoms with van der Waals surface area (Å²) in [5.74, 6) is 0.734. The lowest BCUT2D eigenvalue weighted by atomic mass is 10.1. The fraction of sp³-hybridized carbons (Fsp3) is 0.350. The summed E-state index contributed by atoms with van der Waals surface area (Å²) in [6, 6.07) is 9.90. The summed E-state index contributed by atoms with van der Waals surface area (Å²) >= 11 is 6.26. The first kappa shape index (κ1) is 19.3. The van der Waals surface area contributed by atoms with Crippen molar-refractivity contribution in [3.05, 3.63) is 57.6 Å². The SMILES string of the molecule is COc1ccc(C)cc1CN(C)CC(=O)Nc1c(C)cc(C)cc1Cl. The molecule has 2 aromatic carbocycles. The van der Waals surface area contributed by atoms with Crippen molar-refractivity contribution >= 4 is 23.2 Å². The Labute approximate surface area is 154 Å². The molecule has 0 radical (unpaired) electrons. The number of nitrogens with zero attached hydrogens (tertiary/aromatic N) is 1. The second-order valence-electron chi connectivity index (χ2n) is 6.47. The molecule has 4 nitrogen and oxygen atoms in total. The Morgan fingerprint density at radius 1 is 1.16 bits per heavy atom. The van der Waals surface area contributed by atoms with E-state index in [4.69, 9.17) is 16.3 Å². The van der Waals surface area contributed by atoms with Gasteiger partial charge >= 0.3 is 0 Å². The summed E-state index contributed by atoms with van der Waals surface area (Å²) in [5.41, 5.74) is 4.93. The van der Waals surface area contributed by atoms with Crippen LogP contribution in [0.4, 0.5) is 5.69 Å². The standard InChI is InChI=1S/C20H25ClN2O2/c1-13-6-7-18(25-5)16(9-13)11-23(4)12-19(24)22-20-15(3)8-14(2)10-17(20)21/h6-10H,11-12H2,1-5H3,(H,22,24). The van der Waals surface area contributed by atoms with Crippen LogP contribution in [0.25, 0.3) is 0 Å². The van der Waals surface area contributed by atoms with Crippen LogP contribution >= 0.6 is 11.6 Å². The van der Waals surface area contributed by atoms with Gasteiger partial charge in [0.15, 0.2) is 0 Å². The molecule has 0 bridgehead atoms. The largest absolute Gasteiger partial charge is 0.496 e. The second-order valence-corrected chi connectivity index (χ2v) is 6.88. The van der Waals surface area contributed by atoms with Gasteiger partial charge in [-0.15, -0.1) is 0 Å². The van der Waals surface area contributed by atoms with E-state index in [1.54, 1.807) is 7.11 Å². The molecular formula is C20H25ClN2O2. The molecule has 0 atom stereocenters. The van der Waals surface area contributed by atoms with E-state index in [1.165, 1.54) is 0 Å². The summed E-state index contributed by atoms with van der Waals surface area (Å²) in [6.45, 7) is 6.85. The number of aryl methyl sites for hydroxylation is 3. The van der Waals surface area contributed by atoms with E-state index in [-0.39, 0.29) is 12.5 Å². The quantitative estimate of drug-likeness (QED) is 0.832. The van der Waals surface area contributed by atoms with Crippen LogP contribution in [-0.4, -0.2) is 31.5 Å². The maximum Gasteiger partial charge on any atom is 0.238 e. The number of likely N-dealkylation sites (N-methyl/N-ethyl adjacent to an activating group) is 1. The van der Waals surface area contributed by atoms with Crippen LogP contribution < -0.4 is 10.1 Å². The Bertz CT molecular complexity index is 751. The van der Waals surface area contributed by atoms with Crippen molar-refractivity contribution in [1.29, 1.82) is 0 Å². The van der Waals surface area contributed by atoms with Crippen LogP contribution in [0.15, 0.2) is 30.3 Å². The smallest absolute Gasteiger partial charge is 0.238 e. The maximum atomic E-state index is 12.4. The Balaban J connectivity index is 2.03. The third-order valence-electron chi connectivity index (χ3n) is 3.99. The number of rotatable bonds is 6. The fourth-order valence-electron chi connectivity index (χ4n) is 2.88. The number of nitrogens with one attached hydrogen (secondary N) is 1. The van der Waals surface area contributed by atoms with Crippen molar-refractivity contribution in [3.8, 4) is 5.75 Å². The molecule has 0 aliphatic carbocycles. The molecule has 2 aromatic rings. The van der Waals surface area contributed by atoms with Crippen molar-refractivity contribution in [2.24, 2.45) is 0 Å². The van der Waals surface area contributed by atoms with Crippen LogP contribution in [0.5, 0.6) is 5.75 Å². The van der Waals surface area contributed by atoms with Gasteiger partial charge in [0, 0.05) is 12.1 Å². The Hall–Kier alpha value is -2.04. The third kappa shape index (κ3) is 5.21. The third-order valence-corrected chi connectivity index (χ3v) is 4.28. The van der Waals surface area contributed by atoms with Gasteiger partial charge in [-0.2, -0.15) is 0 Å². The predicted molar refractivity (Wildman–Crippen MR) is 104 cm³/mol. The summed E-state index contributed by atoms with van der Waals surface area (Å²) in [6.07, 6.45) is 0. The molecule has 0 aromatic heterocycles. The van der Waals surface area contributed by atoms with Crippen LogP contribution in [0, 0.1) is 20.8 Å². The van der Waals surface area contributed by atoms with Crippen LogP contribution in [-0.2, 0) is 11.3 Å². The summed E-state index contributed by atoms with van der Waals surface area (Å²) in [4.78, 5) is 14.3. The number of methoxy groups -OCH3 is 1. The fourth-order valence-corrected chi connectivity index (χ4v) is 3.24. The molecule has 1 amide bonds. The highest BCUT2D eigenvalue weighted by Crippen LogP contribution is 2.27. The van der Waals surface area contributed by atoms with Crippen LogP contribution in [0.2, 0.25) is 5.02 Å². The number of amides is 1. The number of hydrogen-bond donors (Lipinski definition) is 1. The number of halogens is 1. The molecule has 0 saturated carbocycles. The van der Waals surface area contributed by atoms with Gasteiger partial charge in [0.05, 0.1) is 24.4 Å². The zero-order chi connectivity index (χ0) is 18.6. The van der Waals surface area contributed by atoms with Crippen molar-refractivity contribution in [1.82, 2.24) is 4.90 Å². The van der Waals surface area contributed by atoms with E-state index in [0.29, 0.717) is 17.3 Å². The number of ether oxygens (including phenoxy) is 1. The van der Waals surface area contributed by atoms with Gasteiger partial charge in [0.1, 0.15) is 5.75 Å². The van der Waals surface area contributed by atoms with E-state index in [1.807, 2.05) is 57.0 Å². The molecule has 0 unspecified atom stereocenters. The van der Waals surface area contributed by atoms with Gasteiger partial charge in [0.2, 0.25) is 5.91 Å². The Morgan fingerprint density at radius 3 is 2.52 bits per heavy atom. The summed E-state index contributed by atoms with van der Waals surface area (Å²) < 4.78 is 5.40. The Morgan fingerprint density at radius 2 is 1.88 bits per heavy atom. The minimum absolute atomic E-state index is 0.0945. The highest BCUT2D eigenvalue weighted by molar-refractivity contribution is 6.34. The van der Waals surface area contributed by atoms with E-state index in [0.717, 1.165) is 28.0 Å². The number of anilines is 1. The molecule has 0 heterocycles. The van der Waals surface area contributed by atoms with E-state index in [2.05, 4.69) is 11.4 Å². The zero-order valence-electron chi connectivity index (χ0n) is 15.4. The van der Waals surface area contributed by atoms with E-state index < -0.39 is 0 Å². The second kappa shape index (κ2) is 8.37. The average molecular weight is 361 g/mol. The normalized spacial score (nSPS) is 10.8. The lowest BCUT2D eigenvalue weighted by molar-refractivity contribution is -0.117. The van der Waals surface area contributed by atoms with Gasteiger partial charge < -0.3 is 10.1 Å². The predicted octanol–water partition coefficient (Wildman–Crippen LogP) is 4.34. The van der Waals surface area contributed by atoms with Crippen molar-refractivity contribution in [2.45, 2.75) is 27.3 Å². The van der Waals surface area contributed by atoms with Gasteiger partial charge in [-0.25, -0.2) is 0 Å². The number of hydrogen-bond acceptors (Lipinski definition) is 3. The van der Waals surface area contributed by atoms with Gasteiger partial charge in [0.25, 0.3) is 0 Å². The lowest BCUT2D eigenvalue weighted by Crippen LogP contribution is -2.30. The highest BCUT2D eigenvalue weighted by Gasteiger charge is 2.13. The first-order chi connectivity index (χ1) is 11.8. The number of carbonyl (C=O) groups is 1. The summed E-state index contributed by atoms with van der Waals surface area (Å²) in [7, 11) is 3.56. The molecule has 0 aliphatic rings. The van der Waals surface area contributed by atoms with Gasteiger partial charge in [-0.05, 0) is 51.1 Å². The number of carbonyl (C=O) groups excluding carboxylic acids is 1. The molecule has 0 spiro atoms. The van der Waals surface area contributed by atoms with Crippen molar-refractivity contribution in [3.63, 3.8) is 0 Å². The van der Waals surface area contributed by atoms with E-state index >= 15 is 0 Å². The molecule has 5 heteroatoms. The zero-order valence-corrected chi connectivity index (χ0v) is 16.2. The maximum absolute atomic E-state index is 12.4. The minimum Gasteiger partial charge on any atom is -0.496 e. The monoisotopic (exact) mass is 360 g/mol. The van der Waals surface area contributed by atoms with Crippen molar-refractivity contribution in [2.75, 3.05) is 26.0 Å². The molecule has 25 heavy (non-hydrogen) atoms. The van der Waals surface area contributed by atoms with Crippen molar-refractivity contribution < 1.29 is 9.53 Å².